The standard InChI is InChI=1S/C24H49NO3/c1-3-5-7-8-9-10-11-12-13-14-15-16-19-24(23(25)27,20-18-21-26)28-22-17-6-4-2/h26H,3-22H2,1-2H3,(H2,25,27). The molecule has 4 nitrogen and oxygen atoms in total. The molecule has 28 heavy (non-hydrogen) atoms. The lowest BCUT2D eigenvalue weighted by Crippen LogP contribution is -2.46. The largest absolute Gasteiger partial charge is 0.396 e. The molecular formula is C24H49NO3. The highest BCUT2D eigenvalue weighted by atomic mass is 16.5. The van der Waals surface area contributed by atoms with Gasteiger partial charge < -0.3 is 15.6 Å². The van der Waals surface area contributed by atoms with Crippen molar-refractivity contribution in [3.63, 3.8) is 0 Å². The van der Waals surface area contributed by atoms with Crippen molar-refractivity contribution in [2.75, 3.05) is 13.2 Å². The fraction of sp³-hybridized carbons (Fsp3) is 0.958. The van der Waals surface area contributed by atoms with Crippen molar-refractivity contribution in [3.8, 4) is 0 Å². The van der Waals surface area contributed by atoms with Gasteiger partial charge in [0.1, 0.15) is 5.60 Å². The van der Waals surface area contributed by atoms with Crippen molar-refractivity contribution in [1.82, 2.24) is 0 Å². The summed E-state index contributed by atoms with van der Waals surface area (Å²) in [5.41, 5.74) is 4.84. The van der Waals surface area contributed by atoms with Crippen molar-refractivity contribution in [2.45, 2.75) is 135 Å². The van der Waals surface area contributed by atoms with Crippen LogP contribution in [0, 0.1) is 0 Å². The first-order valence-electron chi connectivity index (χ1n) is 12.2. The third kappa shape index (κ3) is 14.4. The highest BCUT2D eigenvalue weighted by molar-refractivity contribution is 5.83. The molecule has 0 saturated heterocycles. The third-order valence-corrected chi connectivity index (χ3v) is 5.75. The second-order valence-electron chi connectivity index (χ2n) is 8.38. The van der Waals surface area contributed by atoms with Crippen molar-refractivity contribution < 1.29 is 14.6 Å². The van der Waals surface area contributed by atoms with Crippen LogP contribution in [0.15, 0.2) is 0 Å². The Morgan fingerprint density at radius 2 is 1.14 bits per heavy atom. The number of unbranched alkanes of at least 4 members (excludes halogenated alkanes) is 13. The van der Waals surface area contributed by atoms with Crippen LogP contribution in [0.5, 0.6) is 0 Å². The highest BCUT2D eigenvalue weighted by Crippen LogP contribution is 2.26. The number of nitrogens with two attached hydrogens (primary N) is 1. The maximum atomic E-state index is 12.1. The van der Waals surface area contributed by atoms with Crippen molar-refractivity contribution in [2.24, 2.45) is 5.73 Å². The maximum Gasteiger partial charge on any atom is 0.249 e. The van der Waals surface area contributed by atoms with Gasteiger partial charge in [-0.3, -0.25) is 4.79 Å². The molecule has 0 aromatic carbocycles. The van der Waals surface area contributed by atoms with Gasteiger partial charge in [-0.25, -0.2) is 0 Å². The van der Waals surface area contributed by atoms with Crippen LogP contribution in [0.3, 0.4) is 0 Å². The molecule has 4 heteroatoms. The number of aliphatic hydroxyl groups is 1. The summed E-state index contributed by atoms with van der Waals surface area (Å²) >= 11 is 0. The topological polar surface area (TPSA) is 72.6 Å². The van der Waals surface area contributed by atoms with E-state index in [1.165, 1.54) is 64.2 Å². The van der Waals surface area contributed by atoms with Gasteiger partial charge in [-0.15, -0.1) is 0 Å². The lowest BCUT2D eigenvalue weighted by atomic mass is 9.89. The van der Waals surface area contributed by atoms with Gasteiger partial charge in [-0.05, 0) is 25.7 Å². The molecule has 0 aliphatic heterocycles. The summed E-state index contributed by atoms with van der Waals surface area (Å²) < 4.78 is 6.01. The highest BCUT2D eigenvalue weighted by Gasteiger charge is 2.36. The number of carbonyl (C=O) groups excluding carboxylic acids is 1. The Hall–Kier alpha value is -0.610. The summed E-state index contributed by atoms with van der Waals surface area (Å²) in [7, 11) is 0. The Morgan fingerprint density at radius 1 is 0.714 bits per heavy atom. The monoisotopic (exact) mass is 399 g/mol. The predicted molar refractivity (Wildman–Crippen MR) is 119 cm³/mol. The number of amides is 1. The number of primary amides is 1. The van der Waals surface area contributed by atoms with E-state index in [0.717, 1.165) is 32.1 Å². The quantitative estimate of drug-likeness (QED) is 0.210. The van der Waals surface area contributed by atoms with Crippen molar-refractivity contribution in [1.29, 1.82) is 0 Å². The van der Waals surface area contributed by atoms with Crippen LogP contribution < -0.4 is 5.73 Å². The zero-order chi connectivity index (χ0) is 20.9. The summed E-state index contributed by atoms with van der Waals surface area (Å²) in [6.07, 6.45) is 20.5. The Balaban J connectivity index is 3.98. The molecule has 168 valence electrons. The average molecular weight is 400 g/mol. The minimum Gasteiger partial charge on any atom is -0.396 e. The Kier molecular flexibility index (Phi) is 19.3. The zero-order valence-electron chi connectivity index (χ0n) is 19.0. The van der Waals surface area contributed by atoms with E-state index in [4.69, 9.17) is 10.5 Å². The summed E-state index contributed by atoms with van der Waals surface area (Å²) in [6, 6.07) is 0. The number of hydrogen-bond donors (Lipinski definition) is 2. The van der Waals surface area contributed by atoms with Gasteiger partial charge in [-0.1, -0.05) is 104 Å². The molecule has 0 heterocycles. The number of hydrogen-bond acceptors (Lipinski definition) is 3. The number of aliphatic hydroxyl groups excluding tert-OH is 1. The van der Waals surface area contributed by atoms with Crippen molar-refractivity contribution >= 4 is 5.91 Å². The van der Waals surface area contributed by atoms with E-state index < -0.39 is 5.60 Å². The van der Waals surface area contributed by atoms with E-state index in [1.54, 1.807) is 0 Å². The molecule has 0 radical (unpaired) electrons. The summed E-state index contributed by atoms with van der Waals surface area (Å²) in [5, 5.41) is 9.19. The molecule has 0 aliphatic rings. The molecule has 1 atom stereocenters. The fourth-order valence-electron chi connectivity index (χ4n) is 3.82. The molecule has 0 aromatic rings. The lowest BCUT2D eigenvalue weighted by Gasteiger charge is -2.31. The molecule has 1 amide bonds. The van der Waals surface area contributed by atoms with Crippen LogP contribution >= 0.6 is 0 Å². The van der Waals surface area contributed by atoms with Gasteiger partial charge >= 0.3 is 0 Å². The molecule has 0 fully saturated rings. The maximum absolute atomic E-state index is 12.1. The predicted octanol–water partition coefficient (Wildman–Crippen LogP) is 6.28. The molecule has 0 spiro atoms. The van der Waals surface area contributed by atoms with E-state index in [9.17, 15) is 9.90 Å². The molecular weight excluding hydrogens is 350 g/mol. The van der Waals surface area contributed by atoms with E-state index in [1.807, 2.05) is 0 Å². The molecule has 0 saturated carbocycles. The molecule has 0 aromatic heterocycles. The van der Waals surface area contributed by atoms with Gasteiger partial charge in [0, 0.05) is 13.2 Å². The molecule has 1 unspecified atom stereocenters. The molecule has 0 bridgehead atoms. The van der Waals surface area contributed by atoms with Gasteiger partial charge in [0.25, 0.3) is 0 Å². The summed E-state index contributed by atoms with van der Waals surface area (Å²) in [6.45, 7) is 5.07. The Morgan fingerprint density at radius 3 is 1.61 bits per heavy atom. The first-order valence-corrected chi connectivity index (χ1v) is 12.2. The second-order valence-corrected chi connectivity index (χ2v) is 8.38. The Labute approximate surface area is 175 Å². The van der Waals surface area contributed by atoms with Gasteiger partial charge in [0.05, 0.1) is 0 Å². The van der Waals surface area contributed by atoms with Crippen LogP contribution in [0.2, 0.25) is 0 Å². The second kappa shape index (κ2) is 19.7. The lowest BCUT2D eigenvalue weighted by molar-refractivity contribution is -0.147. The van der Waals surface area contributed by atoms with Gasteiger partial charge in [-0.2, -0.15) is 0 Å². The van der Waals surface area contributed by atoms with Crippen LogP contribution in [-0.2, 0) is 9.53 Å². The molecule has 0 aliphatic carbocycles. The smallest absolute Gasteiger partial charge is 0.249 e. The van der Waals surface area contributed by atoms with E-state index >= 15 is 0 Å². The van der Waals surface area contributed by atoms with Crippen LogP contribution in [0.4, 0.5) is 0 Å². The molecule has 3 N–H and O–H groups in total. The fourth-order valence-corrected chi connectivity index (χ4v) is 3.82. The Bertz CT molecular complexity index is 349. The van der Waals surface area contributed by atoms with Crippen LogP contribution in [0.25, 0.3) is 0 Å². The SMILES string of the molecule is CCCCCCCCCCCCCCC(CCCO)(OCCCCC)C(N)=O. The third-order valence-electron chi connectivity index (χ3n) is 5.75. The van der Waals surface area contributed by atoms with Gasteiger partial charge in [0.2, 0.25) is 5.91 Å². The molecule has 0 rings (SSSR count). The van der Waals surface area contributed by atoms with E-state index in [2.05, 4.69) is 13.8 Å². The van der Waals surface area contributed by atoms with E-state index in [-0.39, 0.29) is 12.5 Å². The normalized spacial score (nSPS) is 13.5. The minimum absolute atomic E-state index is 0.0752. The number of carbonyl (C=O) groups is 1. The first kappa shape index (κ1) is 27.4. The van der Waals surface area contributed by atoms with Gasteiger partial charge in [0.15, 0.2) is 0 Å². The number of rotatable bonds is 22. The zero-order valence-corrected chi connectivity index (χ0v) is 19.0. The summed E-state index contributed by atoms with van der Waals surface area (Å²) in [5.74, 6) is -0.361. The van der Waals surface area contributed by atoms with Crippen molar-refractivity contribution in [3.05, 3.63) is 0 Å². The average Bonchev–Trinajstić information content (AvgIpc) is 2.69. The minimum atomic E-state index is -0.880. The number of ether oxygens (including phenoxy) is 1. The van der Waals surface area contributed by atoms with E-state index in [0.29, 0.717) is 25.9 Å². The van der Waals surface area contributed by atoms with Crippen LogP contribution in [0.1, 0.15) is 129 Å². The summed E-state index contributed by atoms with van der Waals surface area (Å²) in [4.78, 5) is 12.1. The van der Waals surface area contributed by atoms with Crippen LogP contribution in [-0.4, -0.2) is 29.8 Å². The first-order chi connectivity index (χ1) is 13.6.